The number of pyridine rings is 1. The zero-order valence-corrected chi connectivity index (χ0v) is 19.7. The molecule has 1 aliphatic rings. The maximum atomic E-state index is 13.0. The predicted octanol–water partition coefficient (Wildman–Crippen LogP) is 4.41. The Morgan fingerprint density at radius 2 is 1.76 bits per heavy atom. The van der Waals surface area contributed by atoms with Crippen molar-refractivity contribution in [2.45, 2.75) is 25.0 Å². The van der Waals surface area contributed by atoms with E-state index in [0.717, 1.165) is 30.0 Å². The first-order valence-corrected chi connectivity index (χ1v) is 12.3. The Labute approximate surface area is 202 Å². The van der Waals surface area contributed by atoms with Gasteiger partial charge in [-0.25, -0.2) is 0 Å². The van der Waals surface area contributed by atoms with E-state index in [1.165, 1.54) is 22.9 Å². The third-order valence-corrected chi connectivity index (χ3v) is 6.70. The average Bonchev–Trinajstić information content (AvgIpc) is 3.32. The summed E-state index contributed by atoms with van der Waals surface area (Å²) in [7, 11) is 0. The molecule has 0 spiro atoms. The van der Waals surface area contributed by atoms with Crippen LogP contribution in [0.25, 0.3) is 17.1 Å². The molecule has 0 atom stereocenters. The molecule has 2 aromatic carbocycles. The van der Waals surface area contributed by atoms with Crippen LogP contribution in [0.4, 0.5) is 0 Å². The molecule has 0 N–H and O–H groups in total. The van der Waals surface area contributed by atoms with Crippen molar-refractivity contribution in [2.24, 2.45) is 0 Å². The second kappa shape index (κ2) is 10.1. The standard InChI is InChI=1S/C26H25N5O2S/c1-2-33-23-9-7-22(8-10-23)31-25(20-11-14-27-15-12-20)28-29-26(31)34-18-24(32)30-16-13-19-5-3-4-6-21(19)17-30/h3-12,14-15H,2,13,16-18H2,1H3. The second-order valence-electron chi connectivity index (χ2n) is 7.93. The lowest BCUT2D eigenvalue weighted by Gasteiger charge is -2.28. The summed E-state index contributed by atoms with van der Waals surface area (Å²) < 4.78 is 7.57. The van der Waals surface area contributed by atoms with Gasteiger partial charge in [-0.1, -0.05) is 36.0 Å². The average molecular weight is 472 g/mol. The van der Waals surface area contributed by atoms with Gasteiger partial charge in [0.15, 0.2) is 11.0 Å². The van der Waals surface area contributed by atoms with E-state index in [1.807, 2.05) is 58.9 Å². The molecule has 7 nitrogen and oxygen atoms in total. The summed E-state index contributed by atoms with van der Waals surface area (Å²) in [4.78, 5) is 19.1. The van der Waals surface area contributed by atoms with Crippen LogP contribution in [0.2, 0.25) is 0 Å². The van der Waals surface area contributed by atoms with Gasteiger partial charge in [0.1, 0.15) is 5.75 Å². The molecule has 0 bridgehead atoms. The van der Waals surface area contributed by atoms with E-state index in [-0.39, 0.29) is 5.91 Å². The Kier molecular flexibility index (Phi) is 6.58. The SMILES string of the molecule is CCOc1ccc(-n2c(SCC(=O)N3CCc4ccccc4C3)nnc2-c2ccncc2)cc1. The van der Waals surface area contributed by atoms with E-state index in [2.05, 4.69) is 33.4 Å². The Hall–Kier alpha value is -3.65. The van der Waals surface area contributed by atoms with Gasteiger partial charge in [0.05, 0.1) is 12.4 Å². The summed E-state index contributed by atoms with van der Waals surface area (Å²) in [6, 6.07) is 20.0. The number of benzene rings is 2. The van der Waals surface area contributed by atoms with E-state index in [0.29, 0.717) is 29.9 Å². The van der Waals surface area contributed by atoms with E-state index in [9.17, 15) is 4.79 Å². The molecule has 3 heterocycles. The Morgan fingerprint density at radius 1 is 1.00 bits per heavy atom. The van der Waals surface area contributed by atoms with Crippen molar-refractivity contribution < 1.29 is 9.53 Å². The highest BCUT2D eigenvalue weighted by Crippen LogP contribution is 2.29. The van der Waals surface area contributed by atoms with Crippen LogP contribution >= 0.6 is 11.8 Å². The zero-order chi connectivity index (χ0) is 23.3. The first-order chi connectivity index (χ1) is 16.7. The molecule has 8 heteroatoms. The molecule has 0 unspecified atom stereocenters. The predicted molar refractivity (Wildman–Crippen MR) is 132 cm³/mol. The van der Waals surface area contributed by atoms with Crippen LogP contribution in [0.1, 0.15) is 18.1 Å². The molecular formula is C26H25N5O2S. The number of ether oxygens (including phenoxy) is 1. The molecule has 0 aliphatic carbocycles. The number of hydrogen-bond acceptors (Lipinski definition) is 6. The van der Waals surface area contributed by atoms with Crippen molar-refractivity contribution in [1.82, 2.24) is 24.6 Å². The maximum Gasteiger partial charge on any atom is 0.233 e. The fourth-order valence-corrected chi connectivity index (χ4v) is 4.92. The van der Waals surface area contributed by atoms with Crippen molar-refractivity contribution in [2.75, 3.05) is 18.9 Å². The monoisotopic (exact) mass is 471 g/mol. The summed E-state index contributed by atoms with van der Waals surface area (Å²) in [5.41, 5.74) is 4.37. The molecule has 0 saturated heterocycles. The summed E-state index contributed by atoms with van der Waals surface area (Å²) in [6.07, 6.45) is 4.36. The van der Waals surface area contributed by atoms with Gasteiger partial charge in [-0.3, -0.25) is 14.3 Å². The molecule has 5 rings (SSSR count). The number of amides is 1. The molecule has 1 aliphatic heterocycles. The molecule has 0 radical (unpaired) electrons. The molecule has 1 amide bonds. The van der Waals surface area contributed by atoms with Gasteiger partial charge in [-0.05, 0) is 60.9 Å². The molecule has 34 heavy (non-hydrogen) atoms. The van der Waals surface area contributed by atoms with Crippen molar-refractivity contribution in [1.29, 1.82) is 0 Å². The van der Waals surface area contributed by atoms with Crippen molar-refractivity contribution in [3.05, 3.63) is 84.2 Å². The molecule has 172 valence electrons. The summed E-state index contributed by atoms with van der Waals surface area (Å²) in [5.74, 6) is 1.91. The number of thioether (sulfide) groups is 1. The van der Waals surface area contributed by atoms with Crippen LogP contribution in [0.3, 0.4) is 0 Å². The largest absolute Gasteiger partial charge is 0.494 e. The van der Waals surface area contributed by atoms with Crippen LogP contribution in [0.15, 0.2) is 78.2 Å². The van der Waals surface area contributed by atoms with Crippen molar-refractivity contribution in [3.63, 3.8) is 0 Å². The Bertz CT molecular complexity index is 1270. The van der Waals surface area contributed by atoms with Crippen LogP contribution in [-0.4, -0.2) is 49.5 Å². The van der Waals surface area contributed by atoms with Gasteiger partial charge in [0.25, 0.3) is 0 Å². The summed E-state index contributed by atoms with van der Waals surface area (Å²) in [6.45, 7) is 3.97. The summed E-state index contributed by atoms with van der Waals surface area (Å²) >= 11 is 1.41. The van der Waals surface area contributed by atoms with Crippen LogP contribution in [0.5, 0.6) is 5.75 Å². The van der Waals surface area contributed by atoms with E-state index < -0.39 is 0 Å². The van der Waals surface area contributed by atoms with Gasteiger partial charge in [0, 0.05) is 36.7 Å². The van der Waals surface area contributed by atoms with Gasteiger partial charge >= 0.3 is 0 Å². The number of aromatic nitrogens is 4. The minimum Gasteiger partial charge on any atom is -0.494 e. The van der Waals surface area contributed by atoms with Gasteiger partial charge < -0.3 is 9.64 Å². The number of rotatable bonds is 7. The fraction of sp³-hybridized carbons (Fsp3) is 0.231. The molecule has 0 saturated carbocycles. The maximum absolute atomic E-state index is 13.0. The number of nitrogens with zero attached hydrogens (tertiary/aromatic N) is 5. The van der Waals surface area contributed by atoms with Gasteiger partial charge in [0.2, 0.25) is 5.91 Å². The smallest absolute Gasteiger partial charge is 0.233 e. The van der Waals surface area contributed by atoms with Crippen LogP contribution in [0, 0.1) is 0 Å². The molecule has 2 aromatic heterocycles. The lowest BCUT2D eigenvalue weighted by atomic mass is 10.00. The Morgan fingerprint density at radius 3 is 2.53 bits per heavy atom. The van der Waals surface area contributed by atoms with Gasteiger partial charge in [-0.2, -0.15) is 0 Å². The van der Waals surface area contributed by atoms with E-state index >= 15 is 0 Å². The topological polar surface area (TPSA) is 73.1 Å². The number of carbonyl (C=O) groups is 1. The third kappa shape index (κ3) is 4.68. The number of carbonyl (C=O) groups excluding carboxylic acids is 1. The normalized spacial score (nSPS) is 12.9. The molecular weight excluding hydrogens is 446 g/mol. The quantitative estimate of drug-likeness (QED) is 0.372. The number of hydrogen-bond donors (Lipinski definition) is 0. The lowest BCUT2D eigenvalue weighted by Crippen LogP contribution is -2.37. The van der Waals surface area contributed by atoms with E-state index in [4.69, 9.17) is 4.74 Å². The highest BCUT2D eigenvalue weighted by atomic mass is 32.2. The number of fused-ring (bicyclic) bond motifs is 1. The zero-order valence-electron chi connectivity index (χ0n) is 18.9. The highest BCUT2D eigenvalue weighted by molar-refractivity contribution is 7.99. The lowest BCUT2D eigenvalue weighted by molar-refractivity contribution is -0.129. The minimum atomic E-state index is 0.103. The minimum absolute atomic E-state index is 0.103. The Balaban J connectivity index is 1.38. The van der Waals surface area contributed by atoms with Crippen LogP contribution in [-0.2, 0) is 17.8 Å². The molecule has 4 aromatic rings. The first-order valence-electron chi connectivity index (χ1n) is 11.3. The fourth-order valence-electron chi connectivity index (χ4n) is 4.07. The van der Waals surface area contributed by atoms with Crippen LogP contribution < -0.4 is 4.74 Å². The second-order valence-corrected chi connectivity index (χ2v) is 8.87. The van der Waals surface area contributed by atoms with Crippen molar-refractivity contribution >= 4 is 17.7 Å². The highest BCUT2D eigenvalue weighted by Gasteiger charge is 2.22. The molecule has 0 fully saturated rings. The van der Waals surface area contributed by atoms with Crippen molar-refractivity contribution in [3.8, 4) is 22.8 Å². The summed E-state index contributed by atoms with van der Waals surface area (Å²) in [5, 5.41) is 9.55. The first kappa shape index (κ1) is 22.2. The third-order valence-electron chi connectivity index (χ3n) is 5.79. The van der Waals surface area contributed by atoms with Gasteiger partial charge in [-0.15, -0.1) is 10.2 Å². The van der Waals surface area contributed by atoms with E-state index in [1.54, 1.807) is 12.4 Å².